The Hall–Kier alpha value is 0.310. The van der Waals surface area contributed by atoms with Gasteiger partial charge in [-0.1, -0.05) is 104 Å². The lowest BCUT2D eigenvalue weighted by Gasteiger charge is -2.30. The number of unbranched alkanes of at least 4 members (excludes halogenated alkanes) is 13. The standard InChI is InChI=1S/C24H50OS/c1-4-6-8-10-12-14-16-18-22-25-24(3,21-19-23-26)20-17-15-13-11-9-7-5-2/h26H,4-23H2,1-3H3. The van der Waals surface area contributed by atoms with Gasteiger partial charge in [0.1, 0.15) is 0 Å². The van der Waals surface area contributed by atoms with E-state index in [1.807, 2.05) is 0 Å². The number of ether oxygens (including phenoxy) is 1. The molecule has 158 valence electrons. The molecule has 1 unspecified atom stereocenters. The first-order valence-corrected chi connectivity index (χ1v) is 12.6. The Labute approximate surface area is 171 Å². The fraction of sp³-hybridized carbons (Fsp3) is 1.00. The van der Waals surface area contributed by atoms with Crippen LogP contribution in [0.15, 0.2) is 0 Å². The first-order chi connectivity index (χ1) is 12.7. The highest BCUT2D eigenvalue weighted by atomic mass is 32.1. The lowest BCUT2D eigenvalue weighted by atomic mass is 9.92. The predicted molar refractivity (Wildman–Crippen MR) is 123 cm³/mol. The first-order valence-electron chi connectivity index (χ1n) is 11.9. The van der Waals surface area contributed by atoms with Crippen molar-refractivity contribution in [3.8, 4) is 0 Å². The minimum atomic E-state index is 0.0906. The van der Waals surface area contributed by atoms with Gasteiger partial charge in [0.15, 0.2) is 0 Å². The van der Waals surface area contributed by atoms with Crippen molar-refractivity contribution in [3.05, 3.63) is 0 Å². The molecule has 26 heavy (non-hydrogen) atoms. The van der Waals surface area contributed by atoms with Crippen molar-refractivity contribution in [2.24, 2.45) is 0 Å². The van der Waals surface area contributed by atoms with Crippen molar-refractivity contribution >= 4 is 12.6 Å². The number of hydrogen-bond donors (Lipinski definition) is 1. The molecule has 0 aromatic rings. The van der Waals surface area contributed by atoms with E-state index in [1.165, 1.54) is 116 Å². The van der Waals surface area contributed by atoms with E-state index in [2.05, 4.69) is 33.4 Å². The van der Waals surface area contributed by atoms with Crippen molar-refractivity contribution in [3.63, 3.8) is 0 Å². The molecule has 0 aromatic carbocycles. The van der Waals surface area contributed by atoms with Crippen LogP contribution < -0.4 is 0 Å². The molecule has 0 rings (SSSR count). The zero-order valence-corrected chi connectivity index (χ0v) is 19.4. The summed E-state index contributed by atoms with van der Waals surface area (Å²) in [5, 5.41) is 0. The Balaban J connectivity index is 3.77. The summed E-state index contributed by atoms with van der Waals surface area (Å²) in [6.45, 7) is 7.87. The Bertz CT molecular complexity index is 269. The molecule has 0 N–H and O–H groups in total. The largest absolute Gasteiger partial charge is 0.375 e. The number of rotatable bonds is 21. The molecule has 0 heterocycles. The van der Waals surface area contributed by atoms with Gasteiger partial charge in [0.2, 0.25) is 0 Å². The summed E-state index contributed by atoms with van der Waals surface area (Å²) in [6.07, 6.45) is 24.2. The third-order valence-corrected chi connectivity index (χ3v) is 5.94. The summed E-state index contributed by atoms with van der Waals surface area (Å²) in [4.78, 5) is 0. The molecule has 0 aliphatic carbocycles. The molecule has 0 fully saturated rings. The van der Waals surface area contributed by atoms with Gasteiger partial charge in [0.25, 0.3) is 0 Å². The molecule has 0 spiro atoms. The van der Waals surface area contributed by atoms with Crippen molar-refractivity contribution in [2.45, 2.75) is 142 Å². The van der Waals surface area contributed by atoms with Crippen LogP contribution in [0.4, 0.5) is 0 Å². The van der Waals surface area contributed by atoms with Crippen LogP contribution in [-0.4, -0.2) is 18.0 Å². The van der Waals surface area contributed by atoms with E-state index in [4.69, 9.17) is 4.74 Å². The highest BCUT2D eigenvalue weighted by Gasteiger charge is 2.23. The van der Waals surface area contributed by atoms with E-state index < -0.39 is 0 Å². The molecular formula is C24H50OS. The SMILES string of the molecule is CCCCCCCCCCOC(C)(CCCS)CCCCCCCCC. The van der Waals surface area contributed by atoms with Crippen molar-refractivity contribution in [1.29, 1.82) is 0 Å². The van der Waals surface area contributed by atoms with Crippen molar-refractivity contribution in [1.82, 2.24) is 0 Å². The Morgan fingerprint density at radius 2 is 1.00 bits per heavy atom. The summed E-state index contributed by atoms with van der Waals surface area (Å²) >= 11 is 4.41. The number of hydrogen-bond acceptors (Lipinski definition) is 2. The smallest absolute Gasteiger partial charge is 0.0654 e. The van der Waals surface area contributed by atoms with Crippen LogP contribution in [-0.2, 0) is 4.74 Å². The van der Waals surface area contributed by atoms with Gasteiger partial charge in [-0.2, -0.15) is 12.6 Å². The number of thiol groups is 1. The molecule has 1 nitrogen and oxygen atoms in total. The summed E-state index contributed by atoms with van der Waals surface area (Å²) in [5.74, 6) is 0.980. The van der Waals surface area contributed by atoms with E-state index in [0.29, 0.717) is 0 Å². The maximum Gasteiger partial charge on any atom is 0.0654 e. The molecule has 0 bridgehead atoms. The molecule has 0 saturated heterocycles. The maximum absolute atomic E-state index is 6.39. The lowest BCUT2D eigenvalue weighted by molar-refractivity contribution is -0.0469. The van der Waals surface area contributed by atoms with Crippen LogP contribution >= 0.6 is 12.6 Å². The Morgan fingerprint density at radius 1 is 0.577 bits per heavy atom. The minimum Gasteiger partial charge on any atom is -0.375 e. The molecule has 2 heteroatoms. The molecule has 0 aliphatic heterocycles. The van der Waals surface area contributed by atoms with Crippen LogP contribution in [0.25, 0.3) is 0 Å². The average Bonchev–Trinajstić information content (AvgIpc) is 2.64. The van der Waals surface area contributed by atoms with E-state index in [-0.39, 0.29) is 5.60 Å². The topological polar surface area (TPSA) is 9.23 Å². The van der Waals surface area contributed by atoms with Gasteiger partial charge in [-0.15, -0.1) is 0 Å². The quantitative estimate of drug-likeness (QED) is 0.153. The second-order valence-corrected chi connectivity index (χ2v) is 8.92. The first kappa shape index (κ1) is 26.3. The minimum absolute atomic E-state index is 0.0906. The van der Waals surface area contributed by atoms with Crippen LogP contribution in [0.5, 0.6) is 0 Å². The molecule has 0 saturated carbocycles. The van der Waals surface area contributed by atoms with Crippen LogP contribution in [0.2, 0.25) is 0 Å². The highest BCUT2D eigenvalue weighted by molar-refractivity contribution is 7.80. The third-order valence-electron chi connectivity index (χ3n) is 5.62. The third kappa shape index (κ3) is 17.7. The zero-order valence-electron chi connectivity index (χ0n) is 18.5. The molecule has 0 amide bonds. The normalized spacial score (nSPS) is 13.8. The van der Waals surface area contributed by atoms with Gasteiger partial charge in [-0.3, -0.25) is 0 Å². The summed E-state index contributed by atoms with van der Waals surface area (Å²) in [7, 11) is 0. The van der Waals surface area contributed by atoms with Gasteiger partial charge in [-0.25, -0.2) is 0 Å². The molecule has 1 atom stereocenters. The van der Waals surface area contributed by atoms with E-state index in [9.17, 15) is 0 Å². The van der Waals surface area contributed by atoms with Crippen molar-refractivity contribution in [2.75, 3.05) is 12.4 Å². The van der Waals surface area contributed by atoms with Crippen molar-refractivity contribution < 1.29 is 4.74 Å². The van der Waals surface area contributed by atoms with E-state index in [1.54, 1.807) is 0 Å². The Kier molecular flexibility index (Phi) is 20.3. The van der Waals surface area contributed by atoms with Crippen LogP contribution in [0.3, 0.4) is 0 Å². The van der Waals surface area contributed by atoms with Gasteiger partial charge < -0.3 is 4.74 Å². The highest BCUT2D eigenvalue weighted by Crippen LogP contribution is 2.26. The van der Waals surface area contributed by atoms with Crippen LogP contribution in [0.1, 0.15) is 136 Å². The summed E-state index contributed by atoms with van der Waals surface area (Å²) < 4.78 is 6.39. The van der Waals surface area contributed by atoms with E-state index in [0.717, 1.165) is 12.4 Å². The maximum atomic E-state index is 6.39. The van der Waals surface area contributed by atoms with Gasteiger partial charge in [0, 0.05) is 6.61 Å². The average molecular weight is 387 g/mol. The molecular weight excluding hydrogens is 336 g/mol. The van der Waals surface area contributed by atoms with E-state index >= 15 is 0 Å². The zero-order chi connectivity index (χ0) is 19.3. The summed E-state index contributed by atoms with van der Waals surface area (Å²) in [5.41, 5.74) is 0.0906. The van der Waals surface area contributed by atoms with Crippen LogP contribution in [0, 0.1) is 0 Å². The Morgan fingerprint density at radius 3 is 1.50 bits per heavy atom. The monoisotopic (exact) mass is 386 g/mol. The second kappa shape index (κ2) is 20.1. The summed E-state index contributed by atoms with van der Waals surface area (Å²) in [6, 6.07) is 0. The molecule has 0 radical (unpaired) electrons. The lowest BCUT2D eigenvalue weighted by Crippen LogP contribution is -2.29. The second-order valence-electron chi connectivity index (χ2n) is 8.47. The fourth-order valence-corrected chi connectivity index (χ4v) is 3.89. The molecule has 0 aliphatic rings. The fourth-order valence-electron chi connectivity index (χ4n) is 3.73. The van der Waals surface area contributed by atoms with Gasteiger partial charge in [0.05, 0.1) is 5.60 Å². The van der Waals surface area contributed by atoms with Gasteiger partial charge in [-0.05, 0) is 38.4 Å². The van der Waals surface area contributed by atoms with Gasteiger partial charge >= 0.3 is 0 Å². The molecule has 0 aromatic heterocycles. The predicted octanol–water partition coefficient (Wildman–Crippen LogP) is 8.75.